The molecule has 3 atom stereocenters. The Bertz CT molecular complexity index is 288. The second-order valence-corrected chi connectivity index (χ2v) is 7.13. The number of nitrogens with zero attached hydrogens (tertiary/aromatic N) is 2. The number of likely N-dealkylation sites (N-methyl/N-ethyl adjacent to an activating group) is 1. The van der Waals surface area contributed by atoms with Crippen molar-refractivity contribution in [3.05, 3.63) is 0 Å². The third-order valence-electron chi connectivity index (χ3n) is 5.92. The number of likely N-dealkylation sites (tertiary alicyclic amines) is 2. The van der Waals surface area contributed by atoms with Crippen molar-refractivity contribution in [1.82, 2.24) is 15.1 Å². The molecule has 2 saturated heterocycles. The normalized spacial score (nSPS) is 38.0. The van der Waals surface area contributed by atoms with Crippen molar-refractivity contribution in [1.29, 1.82) is 0 Å². The molecule has 20 heavy (non-hydrogen) atoms. The average molecular weight is 279 g/mol. The molecule has 1 saturated carbocycles. The minimum Gasteiger partial charge on any atom is -0.315 e. The molecular formula is C17H33N3. The van der Waals surface area contributed by atoms with E-state index in [0.717, 1.165) is 18.1 Å². The number of hydrogen-bond acceptors (Lipinski definition) is 3. The van der Waals surface area contributed by atoms with Gasteiger partial charge < -0.3 is 5.32 Å². The van der Waals surface area contributed by atoms with Gasteiger partial charge in [-0.3, -0.25) is 9.80 Å². The van der Waals surface area contributed by atoms with E-state index in [1.165, 1.54) is 84.0 Å². The van der Waals surface area contributed by atoms with Crippen LogP contribution in [-0.4, -0.2) is 61.2 Å². The molecule has 1 aliphatic carbocycles. The lowest BCUT2D eigenvalue weighted by Crippen LogP contribution is -2.49. The van der Waals surface area contributed by atoms with Crippen LogP contribution in [0.1, 0.15) is 57.8 Å². The zero-order valence-corrected chi connectivity index (χ0v) is 13.3. The van der Waals surface area contributed by atoms with E-state index in [-0.39, 0.29) is 0 Å². The maximum Gasteiger partial charge on any atom is 0.0249 e. The SMILES string of the molecule is CNC1CCCCCCC1N1CCC(N2CCCC2)C1. The third-order valence-corrected chi connectivity index (χ3v) is 5.92. The van der Waals surface area contributed by atoms with Crippen molar-refractivity contribution in [2.24, 2.45) is 0 Å². The van der Waals surface area contributed by atoms with Gasteiger partial charge in [0.15, 0.2) is 0 Å². The molecule has 3 aliphatic rings. The molecule has 0 spiro atoms. The molecule has 116 valence electrons. The molecule has 3 unspecified atom stereocenters. The molecule has 1 N–H and O–H groups in total. The summed E-state index contributed by atoms with van der Waals surface area (Å²) in [5.41, 5.74) is 0. The van der Waals surface area contributed by atoms with Crippen LogP contribution in [0.5, 0.6) is 0 Å². The first-order chi connectivity index (χ1) is 9.88. The van der Waals surface area contributed by atoms with Gasteiger partial charge >= 0.3 is 0 Å². The van der Waals surface area contributed by atoms with Crippen LogP contribution in [0.2, 0.25) is 0 Å². The molecule has 0 aromatic heterocycles. The van der Waals surface area contributed by atoms with Gasteiger partial charge in [0, 0.05) is 31.2 Å². The Balaban J connectivity index is 1.58. The van der Waals surface area contributed by atoms with Gasteiger partial charge in [-0.15, -0.1) is 0 Å². The summed E-state index contributed by atoms with van der Waals surface area (Å²) in [5.74, 6) is 0. The van der Waals surface area contributed by atoms with Crippen LogP contribution in [0.4, 0.5) is 0 Å². The Labute approximate surface area is 125 Å². The van der Waals surface area contributed by atoms with Crippen LogP contribution in [-0.2, 0) is 0 Å². The highest BCUT2D eigenvalue weighted by Crippen LogP contribution is 2.27. The summed E-state index contributed by atoms with van der Waals surface area (Å²) in [6.45, 7) is 5.39. The quantitative estimate of drug-likeness (QED) is 0.856. The van der Waals surface area contributed by atoms with E-state index in [2.05, 4.69) is 22.2 Å². The Morgan fingerprint density at radius 2 is 1.50 bits per heavy atom. The maximum absolute atomic E-state index is 3.63. The van der Waals surface area contributed by atoms with Gasteiger partial charge in [-0.05, 0) is 52.2 Å². The van der Waals surface area contributed by atoms with E-state index in [1.54, 1.807) is 0 Å². The van der Waals surface area contributed by atoms with E-state index in [9.17, 15) is 0 Å². The second-order valence-electron chi connectivity index (χ2n) is 7.13. The minimum absolute atomic E-state index is 0.729. The van der Waals surface area contributed by atoms with Crippen LogP contribution in [0.25, 0.3) is 0 Å². The third kappa shape index (κ3) is 3.37. The monoisotopic (exact) mass is 279 g/mol. The lowest BCUT2D eigenvalue weighted by molar-refractivity contribution is 0.149. The van der Waals surface area contributed by atoms with Crippen molar-refractivity contribution in [3.8, 4) is 0 Å². The second kappa shape index (κ2) is 7.24. The van der Waals surface area contributed by atoms with Gasteiger partial charge in [-0.25, -0.2) is 0 Å². The molecule has 3 nitrogen and oxygen atoms in total. The highest BCUT2D eigenvalue weighted by atomic mass is 15.3. The minimum atomic E-state index is 0.729. The summed E-state index contributed by atoms with van der Waals surface area (Å²) in [6.07, 6.45) is 12.8. The predicted octanol–water partition coefficient (Wildman–Crippen LogP) is 2.47. The van der Waals surface area contributed by atoms with Gasteiger partial charge in [0.2, 0.25) is 0 Å². The highest BCUT2D eigenvalue weighted by Gasteiger charge is 2.35. The van der Waals surface area contributed by atoms with Crippen molar-refractivity contribution >= 4 is 0 Å². The lowest BCUT2D eigenvalue weighted by Gasteiger charge is -2.36. The molecule has 3 fully saturated rings. The zero-order chi connectivity index (χ0) is 13.8. The number of nitrogens with one attached hydrogen (secondary N) is 1. The summed E-state index contributed by atoms with van der Waals surface area (Å²) in [4.78, 5) is 5.59. The van der Waals surface area contributed by atoms with Crippen molar-refractivity contribution in [2.75, 3.05) is 33.2 Å². The van der Waals surface area contributed by atoms with E-state index < -0.39 is 0 Å². The maximum atomic E-state index is 3.63. The topological polar surface area (TPSA) is 18.5 Å². The van der Waals surface area contributed by atoms with Crippen molar-refractivity contribution in [3.63, 3.8) is 0 Å². The Kier molecular flexibility index (Phi) is 5.36. The van der Waals surface area contributed by atoms with Crippen LogP contribution in [0, 0.1) is 0 Å². The number of hydrogen-bond donors (Lipinski definition) is 1. The van der Waals surface area contributed by atoms with E-state index in [0.29, 0.717) is 0 Å². The van der Waals surface area contributed by atoms with E-state index in [4.69, 9.17) is 0 Å². The van der Waals surface area contributed by atoms with Crippen molar-refractivity contribution < 1.29 is 0 Å². The molecule has 0 amide bonds. The standard InChI is InChI=1S/C17H33N3/c1-18-16-8-4-2-3-5-9-17(16)20-13-10-15(14-20)19-11-6-7-12-19/h15-18H,2-14H2,1H3. The fourth-order valence-corrected chi connectivity index (χ4v) is 4.71. The van der Waals surface area contributed by atoms with Crippen LogP contribution >= 0.6 is 0 Å². The molecule has 3 rings (SSSR count). The smallest absolute Gasteiger partial charge is 0.0249 e. The summed E-state index contributed by atoms with van der Waals surface area (Å²) in [7, 11) is 2.17. The zero-order valence-electron chi connectivity index (χ0n) is 13.3. The first-order valence-electron chi connectivity index (χ1n) is 9.04. The summed E-state index contributed by atoms with van der Waals surface area (Å²) < 4.78 is 0. The molecule has 3 heteroatoms. The fraction of sp³-hybridized carbons (Fsp3) is 1.00. The molecule has 0 radical (unpaired) electrons. The Hall–Kier alpha value is -0.120. The van der Waals surface area contributed by atoms with Gasteiger partial charge in [-0.2, -0.15) is 0 Å². The molecule has 0 aromatic carbocycles. The fourth-order valence-electron chi connectivity index (χ4n) is 4.71. The summed E-state index contributed by atoms with van der Waals surface area (Å²) >= 11 is 0. The van der Waals surface area contributed by atoms with Gasteiger partial charge in [-0.1, -0.05) is 25.7 Å². The summed E-state index contributed by atoms with van der Waals surface area (Å²) in [6, 6.07) is 2.39. The van der Waals surface area contributed by atoms with E-state index >= 15 is 0 Å². The van der Waals surface area contributed by atoms with Crippen LogP contribution in [0.15, 0.2) is 0 Å². The largest absolute Gasteiger partial charge is 0.315 e. The van der Waals surface area contributed by atoms with Gasteiger partial charge in [0.05, 0.1) is 0 Å². The first-order valence-corrected chi connectivity index (χ1v) is 9.04. The van der Waals surface area contributed by atoms with Gasteiger partial charge in [0.1, 0.15) is 0 Å². The van der Waals surface area contributed by atoms with Crippen molar-refractivity contribution in [2.45, 2.75) is 75.9 Å². The first kappa shape index (κ1) is 14.8. The van der Waals surface area contributed by atoms with E-state index in [1.807, 2.05) is 0 Å². The molecule has 0 aromatic rings. The lowest BCUT2D eigenvalue weighted by atomic mass is 9.91. The molecule has 2 heterocycles. The molecule has 0 bridgehead atoms. The average Bonchev–Trinajstić information content (AvgIpc) is 3.09. The van der Waals surface area contributed by atoms with Crippen LogP contribution in [0.3, 0.4) is 0 Å². The highest BCUT2D eigenvalue weighted by molar-refractivity contribution is 4.93. The Morgan fingerprint density at radius 1 is 0.750 bits per heavy atom. The summed E-state index contributed by atoms with van der Waals surface area (Å²) in [5, 5.41) is 3.63. The van der Waals surface area contributed by atoms with Gasteiger partial charge in [0.25, 0.3) is 0 Å². The molecule has 2 aliphatic heterocycles. The number of rotatable bonds is 3. The molecular weight excluding hydrogens is 246 g/mol. The van der Waals surface area contributed by atoms with Crippen LogP contribution < -0.4 is 5.32 Å². The predicted molar refractivity (Wildman–Crippen MR) is 85.1 cm³/mol. The Morgan fingerprint density at radius 3 is 2.25 bits per heavy atom.